The minimum atomic E-state index is 0.470. The molecule has 3 fully saturated rings. The van der Waals surface area contributed by atoms with E-state index in [1.165, 1.54) is 70.9 Å². The molecule has 1 N–H and O–H groups in total. The van der Waals surface area contributed by atoms with Crippen LogP contribution in [0.2, 0.25) is 0 Å². The van der Waals surface area contributed by atoms with Crippen LogP contribution in [0.3, 0.4) is 0 Å². The van der Waals surface area contributed by atoms with E-state index < -0.39 is 0 Å². The average Bonchev–Trinajstić information content (AvgIpc) is 2.43. The highest BCUT2D eigenvalue weighted by Crippen LogP contribution is 2.39. The number of rotatable bonds is 1. The highest BCUT2D eigenvalue weighted by Gasteiger charge is 2.42. The maximum Gasteiger partial charge on any atom is 0.0309 e. The molecular weight excluding hydrogens is 244 g/mol. The maximum atomic E-state index is 3.93. The first-order chi connectivity index (χ1) is 9.50. The van der Waals surface area contributed by atoms with Crippen LogP contribution in [0.1, 0.15) is 78.6 Å². The lowest BCUT2D eigenvalue weighted by Gasteiger charge is -2.53. The first kappa shape index (κ1) is 14.8. The van der Waals surface area contributed by atoms with E-state index >= 15 is 0 Å². The van der Waals surface area contributed by atoms with Crippen LogP contribution in [0.25, 0.3) is 0 Å². The Labute approximate surface area is 125 Å². The van der Waals surface area contributed by atoms with Crippen molar-refractivity contribution in [1.82, 2.24) is 10.2 Å². The van der Waals surface area contributed by atoms with E-state index in [0.717, 1.165) is 12.1 Å². The van der Waals surface area contributed by atoms with Gasteiger partial charge in [-0.2, -0.15) is 0 Å². The van der Waals surface area contributed by atoms with Gasteiger partial charge in [0.2, 0.25) is 0 Å². The van der Waals surface area contributed by atoms with Crippen LogP contribution in [0, 0.1) is 5.41 Å². The molecule has 1 unspecified atom stereocenters. The van der Waals surface area contributed by atoms with Crippen LogP contribution < -0.4 is 5.32 Å². The van der Waals surface area contributed by atoms with E-state index in [2.05, 4.69) is 31.0 Å². The standard InChI is InChI=1S/C18H34N2/c1-15-13-19-18(9-5-4-6-10-18)14-20(15)16-7-11-17(2,3)12-8-16/h15-16,19H,4-14H2,1-3H3. The van der Waals surface area contributed by atoms with Gasteiger partial charge in [-0.15, -0.1) is 0 Å². The molecule has 116 valence electrons. The SMILES string of the molecule is CC1CNC2(CCCCC2)CN1C1CCC(C)(C)CC1. The van der Waals surface area contributed by atoms with E-state index in [9.17, 15) is 0 Å². The van der Waals surface area contributed by atoms with Crippen LogP contribution in [0.5, 0.6) is 0 Å². The van der Waals surface area contributed by atoms with Crippen molar-refractivity contribution in [3.05, 3.63) is 0 Å². The summed E-state index contributed by atoms with van der Waals surface area (Å²) < 4.78 is 0. The van der Waals surface area contributed by atoms with Crippen molar-refractivity contribution in [3.8, 4) is 0 Å². The predicted octanol–water partition coefficient (Wildman–Crippen LogP) is 3.95. The Bertz CT molecular complexity index is 320. The Morgan fingerprint density at radius 3 is 2.25 bits per heavy atom. The Balaban J connectivity index is 1.65. The summed E-state index contributed by atoms with van der Waals surface area (Å²) in [6.45, 7) is 9.86. The van der Waals surface area contributed by atoms with Gasteiger partial charge in [-0.1, -0.05) is 33.1 Å². The van der Waals surface area contributed by atoms with Gasteiger partial charge in [-0.05, 0) is 50.9 Å². The van der Waals surface area contributed by atoms with Crippen LogP contribution in [-0.2, 0) is 0 Å². The molecule has 20 heavy (non-hydrogen) atoms. The molecule has 2 heteroatoms. The summed E-state index contributed by atoms with van der Waals surface area (Å²) in [7, 11) is 0. The summed E-state index contributed by atoms with van der Waals surface area (Å²) in [6.07, 6.45) is 12.8. The number of nitrogens with zero attached hydrogens (tertiary/aromatic N) is 1. The third kappa shape index (κ3) is 3.06. The third-order valence-electron chi connectivity index (χ3n) is 6.41. The minimum Gasteiger partial charge on any atom is -0.308 e. The fourth-order valence-electron chi connectivity index (χ4n) is 4.81. The Morgan fingerprint density at radius 1 is 0.950 bits per heavy atom. The Kier molecular flexibility index (Phi) is 4.16. The Morgan fingerprint density at radius 2 is 1.60 bits per heavy atom. The van der Waals surface area contributed by atoms with Gasteiger partial charge in [0.05, 0.1) is 0 Å². The van der Waals surface area contributed by atoms with Crippen molar-refractivity contribution >= 4 is 0 Å². The molecule has 1 aliphatic heterocycles. The lowest BCUT2D eigenvalue weighted by Crippen LogP contribution is -2.66. The van der Waals surface area contributed by atoms with E-state index in [1.54, 1.807) is 0 Å². The fourth-order valence-corrected chi connectivity index (χ4v) is 4.81. The van der Waals surface area contributed by atoms with Gasteiger partial charge < -0.3 is 5.32 Å². The highest BCUT2D eigenvalue weighted by atomic mass is 15.3. The number of hydrogen-bond acceptors (Lipinski definition) is 2. The molecule has 1 spiro atoms. The molecule has 0 amide bonds. The molecular formula is C18H34N2. The van der Waals surface area contributed by atoms with Crippen LogP contribution in [-0.4, -0.2) is 35.6 Å². The lowest BCUT2D eigenvalue weighted by atomic mass is 9.73. The topological polar surface area (TPSA) is 15.3 Å². The highest BCUT2D eigenvalue weighted by molar-refractivity contribution is 5.01. The van der Waals surface area contributed by atoms with Gasteiger partial charge in [0, 0.05) is 30.7 Å². The van der Waals surface area contributed by atoms with Crippen LogP contribution >= 0.6 is 0 Å². The minimum absolute atomic E-state index is 0.470. The first-order valence-electron chi connectivity index (χ1n) is 9.01. The second kappa shape index (κ2) is 5.61. The molecule has 1 heterocycles. The monoisotopic (exact) mass is 278 g/mol. The zero-order valence-corrected chi connectivity index (χ0v) is 13.9. The van der Waals surface area contributed by atoms with Crippen molar-refractivity contribution in [3.63, 3.8) is 0 Å². The second-order valence-corrected chi connectivity index (χ2v) is 8.64. The zero-order valence-electron chi connectivity index (χ0n) is 13.9. The summed E-state index contributed by atoms with van der Waals surface area (Å²) in [5, 5.41) is 3.93. The lowest BCUT2D eigenvalue weighted by molar-refractivity contribution is 0.00591. The molecule has 0 aromatic rings. The molecule has 0 radical (unpaired) electrons. The molecule has 1 atom stereocenters. The van der Waals surface area contributed by atoms with Gasteiger partial charge in [0.15, 0.2) is 0 Å². The average molecular weight is 278 g/mol. The van der Waals surface area contributed by atoms with Crippen LogP contribution in [0.15, 0.2) is 0 Å². The van der Waals surface area contributed by atoms with Crippen molar-refractivity contribution in [1.29, 1.82) is 0 Å². The molecule has 3 aliphatic rings. The zero-order chi connectivity index (χ0) is 14.2. The summed E-state index contributed by atoms with van der Waals surface area (Å²) in [6, 6.07) is 1.59. The van der Waals surface area contributed by atoms with Crippen molar-refractivity contribution < 1.29 is 0 Å². The molecule has 0 aromatic heterocycles. The van der Waals surface area contributed by atoms with Crippen molar-refractivity contribution in [2.75, 3.05) is 13.1 Å². The third-order valence-corrected chi connectivity index (χ3v) is 6.41. The summed E-state index contributed by atoms with van der Waals surface area (Å²) in [4.78, 5) is 2.89. The number of nitrogens with one attached hydrogen (secondary N) is 1. The molecule has 0 aromatic carbocycles. The molecule has 2 aliphatic carbocycles. The van der Waals surface area contributed by atoms with E-state index in [0.29, 0.717) is 11.0 Å². The predicted molar refractivity (Wildman–Crippen MR) is 86.0 cm³/mol. The Hall–Kier alpha value is -0.0800. The molecule has 3 rings (SSSR count). The van der Waals surface area contributed by atoms with Gasteiger partial charge in [-0.3, -0.25) is 4.90 Å². The van der Waals surface area contributed by atoms with Gasteiger partial charge in [0.25, 0.3) is 0 Å². The summed E-state index contributed by atoms with van der Waals surface area (Å²) in [5.41, 5.74) is 1.06. The summed E-state index contributed by atoms with van der Waals surface area (Å²) >= 11 is 0. The van der Waals surface area contributed by atoms with E-state index in [1.807, 2.05) is 0 Å². The van der Waals surface area contributed by atoms with Gasteiger partial charge >= 0.3 is 0 Å². The van der Waals surface area contributed by atoms with Gasteiger partial charge in [-0.25, -0.2) is 0 Å². The second-order valence-electron chi connectivity index (χ2n) is 8.64. The van der Waals surface area contributed by atoms with Crippen molar-refractivity contribution in [2.24, 2.45) is 5.41 Å². The summed E-state index contributed by atoms with van der Waals surface area (Å²) in [5.74, 6) is 0. The molecule has 2 saturated carbocycles. The van der Waals surface area contributed by atoms with Gasteiger partial charge in [0.1, 0.15) is 0 Å². The molecule has 1 saturated heterocycles. The van der Waals surface area contributed by atoms with Crippen molar-refractivity contribution in [2.45, 2.75) is 96.2 Å². The first-order valence-corrected chi connectivity index (χ1v) is 9.01. The van der Waals surface area contributed by atoms with E-state index in [4.69, 9.17) is 0 Å². The smallest absolute Gasteiger partial charge is 0.0309 e. The molecule has 2 nitrogen and oxygen atoms in total. The maximum absolute atomic E-state index is 3.93. The number of piperazine rings is 1. The van der Waals surface area contributed by atoms with E-state index in [-0.39, 0.29) is 0 Å². The largest absolute Gasteiger partial charge is 0.308 e. The van der Waals surface area contributed by atoms with Crippen LogP contribution in [0.4, 0.5) is 0 Å². The normalized spacial score (nSPS) is 35.2. The quantitative estimate of drug-likeness (QED) is 0.781. The number of hydrogen-bond donors (Lipinski definition) is 1. The molecule has 0 bridgehead atoms. The fraction of sp³-hybridized carbons (Fsp3) is 1.00.